The number of aromatic nitrogens is 1. The van der Waals surface area contributed by atoms with E-state index in [1.165, 1.54) is 11.3 Å². The molecule has 0 radical (unpaired) electrons. The Hall–Kier alpha value is -2.35. The third-order valence-corrected chi connectivity index (χ3v) is 5.91. The van der Waals surface area contributed by atoms with Gasteiger partial charge in [-0.05, 0) is 56.4 Å². The summed E-state index contributed by atoms with van der Waals surface area (Å²) in [5, 5.41) is 0.712. The largest absolute Gasteiger partial charge is 0.494 e. The quantitative estimate of drug-likeness (QED) is 0.406. The van der Waals surface area contributed by atoms with Crippen LogP contribution in [0.25, 0.3) is 10.2 Å². The number of hydrogen-bond acceptors (Lipinski definition) is 6. The third kappa shape index (κ3) is 6.82. The number of nitrogens with zero attached hydrogens (tertiary/aromatic N) is 3. The number of carbonyl (C=O) groups is 1. The van der Waals surface area contributed by atoms with Crippen LogP contribution in [0.2, 0.25) is 0 Å². The molecule has 0 aliphatic heterocycles. The summed E-state index contributed by atoms with van der Waals surface area (Å²) < 4.78 is 12.3. The van der Waals surface area contributed by atoms with E-state index in [0.717, 1.165) is 35.6 Å². The molecule has 8 heteroatoms. The van der Waals surface area contributed by atoms with Crippen molar-refractivity contribution in [2.24, 2.45) is 0 Å². The molecule has 0 spiro atoms. The second kappa shape index (κ2) is 12.5. The number of para-hydroxylation sites is 1. The van der Waals surface area contributed by atoms with Crippen molar-refractivity contribution in [1.29, 1.82) is 0 Å². The van der Waals surface area contributed by atoms with Crippen molar-refractivity contribution in [3.05, 3.63) is 48.5 Å². The van der Waals surface area contributed by atoms with Crippen molar-refractivity contribution in [2.75, 3.05) is 44.3 Å². The number of thiazole rings is 1. The van der Waals surface area contributed by atoms with Gasteiger partial charge in [0.1, 0.15) is 11.5 Å². The number of ether oxygens (including phenoxy) is 2. The van der Waals surface area contributed by atoms with Gasteiger partial charge >= 0.3 is 0 Å². The molecule has 0 fully saturated rings. The maximum Gasteiger partial charge on any atom is 0.266 e. The number of benzene rings is 2. The number of anilines is 1. The van der Waals surface area contributed by atoms with E-state index in [4.69, 9.17) is 9.47 Å². The van der Waals surface area contributed by atoms with Crippen LogP contribution in [0.5, 0.6) is 11.5 Å². The normalized spacial score (nSPS) is 10.7. The fourth-order valence-electron chi connectivity index (χ4n) is 3.11. The highest BCUT2D eigenvalue weighted by atomic mass is 35.5. The molecule has 3 aromatic rings. The number of amides is 1. The van der Waals surface area contributed by atoms with E-state index < -0.39 is 0 Å². The highest BCUT2D eigenvalue weighted by Gasteiger charge is 2.21. The molecule has 0 aliphatic carbocycles. The van der Waals surface area contributed by atoms with Gasteiger partial charge in [-0.1, -0.05) is 37.3 Å². The Morgan fingerprint density at radius 3 is 2.19 bits per heavy atom. The van der Waals surface area contributed by atoms with Crippen molar-refractivity contribution in [3.8, 4) is 11.5 Å². The van der Waals surface area contributed by atoms with Crippen LogP contribution in [0.4, 0.5) is 5.13 Å². The van der Waals surface area contributed by atoms with Crippen LogP contribution >= 0.6 is 23.7 Å². The molecule has 2 aromatic carbocycles. The molecule has 1 aromatic heterocycles. The molecule has 0 N–H and O–H groups in total. The summed E-state index contributed by atoms with van der Waals surface area (Å²) in [5.41, 5.74) is 0.908. The van der Waals surface area contributed by atoms with Gasteiger partial charge in [0.2, 0.25) is 0 Å². The summed E-state index contributed by atoms with van der Waals surface area (Å²) in [6.07, 6.45) is 0. The zero-order chi connectivity index (χ0) is 21.3. The Bertz CT molecular complexity index is 912. The van der Waals surface area contributed by atoms with Crippen LogP contribution < -0.4 is 14.4 Å². The molecule has 168 valence electrons. The van der Waals surface area contributed by atoms with Gasteiger partial charge in [-0.3, -0.25) is 9.69 Å². The van der Waals surface area contributed by atoms with Gasteiger partial charge in [-0.25, -0.2) is 4.98 Å². The van der Waals surface area contributed by atoms with E-state index in [-0.39, 0.29) is 24.9 Å². The maximum atomic E-state index is 13.1. The first-order valence-corrected chi connectivity index (χ1v) is 11.2. The van der Waals surface area contributed by atoms with Crippen molar-refractivity contribution >= 4 is 45.0 Å². The zero-order valence-corrected chi connectivity index (χ0v) is 19.9. The molecule has 1 amide bonds. The molecule has 0 bridgehead atoms. The molecular formula is C23H30ClN3O3S. The lowest BCUT2D eigenvalue weighted by Crippen LogP contribution is -2.41. The third-order valence-electron chi connectivity index (χ3n) is 4.85. The van der Waals surface area contributed by atoms with Crippen LogP contribution in [-0.4, -0.2) is 55.2 Å². The fourth-order valence-corrected chi connectivity index (χ4v) is 4.11. The van der Waals surface area contributed by atoms with Crippen molar-refractivity contribution in [2.45, 2.75) is 20.8 Å². The average molecular weight is 464 g/mol. The van der Waals surface area contributed by atoms with Crippen molar-refractivity contribution in [1.82, 2.24) is 9.88 Å². The summed E-state index contributed by atoms with van der Waals surface area (Å²) in [7, 11) is 0. The molecule has 3 rings (SSSR count). The van der Waals surface area contributed by atoms with E-state index in [9.17, 15) is 4.79 Å². The van der Waals surface area contributed by atoms with E-state index in [0.29, 0.717) is 24.0 Å². The van der Waals surface area contributed by atoms with Crippen molar-refractivity contribution < 1.29 is 14.3 Å². The molecule has 0 atom stereocenters. The van der Waals surface area contributed by atoms with Crippen LogP contribution in [0, 0.1) is 0 Å². The Morgan fingerprint density at radius 1 is 0.935 bits per heavy atom. The highest BCUT2D eigenvalue weighted by molar-refractivity contribution is 7.22. The summed E-state index contributed by atoms with van der Waals surface area (Å²) >= 11 is 1.53. The van der Waals surface area contributed by atoms with Gasteiger partial charge in [-0.2, -0.15) is 0 Å². The topological polar surface area (TPSA) is 54.9 Å². The second-order valence-electron chi connectivity index (χ2n) is 6.73. The van der Waals surface area contributed by atoms with Gasteiger partial charge in [0.25, 0.3) is 5.91 Å². The summed E-state index contributed by atoms with van der Waals surface area (Å²) in [5.74, 6) is 1.32. The van der Waals surface area contributed by atoms with E-state index in [1.807, 2.05) is 55.5 Å². The van der Waals surface area contributed by atoms with Crippen LogP contribution in [0.3, 0.4) is 0 Å². The van der Waals surface area contributed by atoms with E-state index in [1.54, 1.807) is 4.90 Å². The average Bonchev–Trinajstić information content (AvgIpc) is 3.20. The van der Waals surface area contributed by atoms with Crippen LogP contribution in [-0.2, 0) is 4.79 Å². The number of fused-ring (bicyclic) bond motifs is 1. The number of hydrogen-bond donors (Lipinski definition) is 0. The summed E-state index contributed by atoms with van der Waals surface area (Å²) in [4.78, 5) is 21.8. The molecule has 0 aliphatic rings. The minimum absolute atomic E-state index is 0. The van der Waals surface area contributed by atoms with E-state index >= 15 is 0 Å². The number of likely N-dealkylation sites (N-methyl/N-ethyl adjacent to an activating group) is 1. The molecule has 0 saturated carbocycles. The lowest BCUT2D eigenvalue weighted by atomic mass is 10.3. The monoisotopic (exact) mass is 463 g/mol. The first kappa shape index (κ1) is 24.9. The highest BCUT2D eigenvalue weighted by Crippen LogP contribution is 2.29. The molecule has 0 unspecified atom stereocenters. The van der Waals surface area contributed by atoms with Crippen molar-refractivity contribution in [3.63, 3.8) is 0 Å². The maximum absolute atomic E-state index is 13.1. The lowest BCUT2D eigenvalue weighted by Gasteiger charge is -2.24. The summed E-state index contributed by atoms with van der Waals surface area (Å²) in [6.45, 7) is 10.0. The number of rotatable bonds is 11. The minimum atomic E-state index is -0.102. The SMILES string of the molecule is CCOc1ccc(OCC(=O)N(CCN(CC)CC)c2nc3ccccc3s2)cc1.Cl. The van der Waals surface area contributed by atoms with Gasteiger partial charge in [0, 0.05) is 13.1 Å². The molecule has 31 heavy (non-hydrogen) atoms. The fraction of sp³-hybridized carbons (Fsp3) is 0.391. The lowest BCUT2D eigenvalue weighted by molar-refractivity contribution is -0.120. The predicted molar refractivity (Wildman–Crippen MR) is 130 cm³/mol. The Kier molecular flexibility index (Phi) is 10.0. The van der Waals surface area contributed by atoms with Gasteiger partial charge in [0.15, 0.2) is 11.7 Å². The van der Waals surface area contributed by atoms with E-state index in [2.05, 4.69) is 23.7 Å². The second-order valence-corrected chi connectivity index (χ2v) is 7.74. The Labute approximate surface area is 194 Å². The van der Waals surface area contributed by atoms with Gasteiger partial charge < -0.3 is 14.4 Å². The molecule has 0 saturated heterocycles. The molecular weight excluding hydrogens is 434 g/mol. The van der Waals surface area contributed by atoms with Crippen LogP contribution in [0.1, 0.15) is 20.8 Å². The first-order valence-electron chi connectivity index (χ1n) is 10.4. The first-order chi connectivity index (χ1) is 14.6. The Balaban J connectivity index is 0.00000341. The van der Waals surface area contributed by atoms with Gasteiger partial charge in [-0.15, -0.1) is 12.4 Å². The smallest absolute Gasteiger partial charge is 0.266 e. The summed E-state index contributed by atoms with van der Waals surface area (Å²) in [6, 6.07) is 15.3. The minimum Gasteiger partial charge on any atom is -0.494 e. The van der Waals surface area contributed by atoms with Gasteiger partial charge in [0.05, 0.1) is 16.8 Å². The predicted octanol–water partition coefficient (Wildman–Crippen LogP) is 4.87. The number of carbonyl (C=O) groups excluding carboxylic acids is 1. The molecule has 6 nitrogen and oxygen atoms in total. The molecule has 1 heterocycles. The number of halogens is 1. The Morgan fingerprint density at radius 2 is 1.58 bits per heavy atom. The van der Waals surface area contributed by atoms with Crippen LogP contribution in [0.15, 0.2) is 48.5 Å². The standard InChI is InChI=1S/C23H29N3O3S.ClH/c1-4-25(5-2)15-16-26(23-24-20-9-7-8-10-21(20)30-23)22(27)17-29-19-13-11-18(12-14-19)28-6-3;/h7-14H,4-6,15-17H2,1-3H3;1H. The zero-order valence-electron chi connectivity index (χ0n) is 18.2.